The number of rotatable bonds is 3. The maximum atomic E-state index is 12.3. The molecule has 1 aliphatic heterocycles. The van der Waals surface area contributed by atoms with Crippen LogP contribution in [-0.4, -0.2) is 49.2 Å². The summed E-state index contributed by atoms with van der Waals surface area (Å²) in [6, 6.07) is 7.89. The number of hydrogen-bond donors (Lipinski definition) is 0. The molecular weight excluding hydrogens is 310 g/mol. The van der Waals surface area contributed by atoms with Gasteiger partial charge in [0.25, 0.3) is 0 Å². The molecule has 0 unspecified atom stereocenters. The number of carbonyl (C=O) groups is 1. The van der Waals surface area contributed by atoms with Gasteiger partial charge in [-0.05, 0) is 31.9 Å². The first-order valence-electron chi connectivity index (χ1n) is 7.75. The summed E-state index contributed by atoms with van der Waals surface area (Å²) in [6.45, 7) is 3.62. The molecule has 3 heterocycles. The quantitative estimate of drug-likeness (QED) is 0.545. The van der Waals surface area contributed by atoms with Crippen molar-refractivity contribution < 1.29 is 4.79 Å². The SMILES string of the molecule is Cc1nc2c3ccccc3nc(SCC(=O)N3CCCC3)n2n1. The second-order valence-corrected chi connectivity index (χ2v) is 6.63. The molecule has 1 aromatic carbocycles. The number of amides is 1. The van der Waals surface area contributed by atoms with Gasteiger partial charge in [0.1, 0.15) is 5.82 Å². The Kier molecular flexibility index (Phi) is 3.65. The summed E-state index contributed by atoms with van der Waals surface area (Å²) in [6.07, 6.45) is 2.22. The summed E-state index contributed by atoms with van der Waals surface area (Å²) < 4.78 is 1.75. The third-order valence-electron chi connectivity index (χ3n) is 4.04. The van der Waals surface area contributed by atoms with E-state index < -0.39 is 0 Å². The van der Waals surface area contributed by atoms with Gasteiger partial charge in [-0.1, -0.05) is 23.9 Å². The summed E-state index contributed by atoms with van der Waals surface area (Å²) in [7, 11) is 0. The standard InChI is InChI=1S/C16H17N5OS/c1-11-17-15-12-6-2-3-7-13(12)18-16(21(15)19-11)23-10-14(22)20-8-4-5-9-20/h2-3,6-7H,4-5,8-10H2,1H3. The van der Waals surface area contributed by atoms with Gasteiger partial charge in [-0.3, -0.25) is 4.79 Å². The minimum Gasteiger partial charge on any atom is -0.342 e. The lowest BCUT2D eigenvalue weighted by Crippen LogP contribution is -2.29. The highest BCUT2D eigenvalue weighted by Gasteiger charge is 2.19. The Labute approximate surface area is 137 Å². The van der Waals surface area contributed by atoms with E-state index in [0.717, 1.165) is 42.5 Å². The Morgan fingerprint density at radius 1 is 1.22 bits per heavy atom. The number of carbonyl (C=O) groups excluding carboxylic acids is 1. The van der Waals surface area contributed by atoms with Crippen LogP contribution in [0.2, 0.25) is 0 Å². The van der Waals surface area contributed by atoms with Crippen molar-refractivity contribution in [1.82, 2.24) is 24.5 Å². The second kappa shape index (κ2) is 5.81. The van der Waals surface area contributed by atoms with Crippen LogP contribution in [0.25, 0.3) is 16.6 Å². The summed E-state index contributed by atoms with van der Waals surface area (Å²) in [5.41, 5.74) is 1.67. The molecule has 3 aromatic rings. The molecule has 1 saturated heterocycles. The number of likely N-dealkylation sites (tertiary alicyclic amines) is 1. The summed E-state index contributed by atoms with van der Waals surface area (Å²) in [5, 5.41) is 6.13. The van der Waals surface area contributed by atoms with Crippen molar-refractivity contribution >= 4 is 34.2 Å². The van der Waals surface area contributed by atoms with Crippen molar-refractivity contribution in [3.05, 3.63) is 30.1 Å². The van der Waals surface area contributed by atoms with Gasteiger partial charge in [0.05, 0.1) is 11.3 Å². The fourth-order valence-electron chi connectivity index (χ4n) is 2.91. The van der Waals surface area contributed by atoms with E-state index in [0.29, 0.717) is 16.7 Å². The van der Waals surface area contributed by atoms with Gasteiger partial charge in [0.15, 0.2) is 10.8 Å². The first-order valence-corrected chi connectivity index (χ1v) is 8.73. The minimum atomic E-state index is 0.174. The number of aromatic nitrogens is 4. The van der Waals surface area contributed by atoms with Crippen LogP contribution in [0, 0.1) is 6.92 Å². The highest BCUT2D eigenvalue weighted by atomic mass is 32.2. The lowest BCUT2D eigenvalue weighted by Gasteiger charge is -2.14. The fourth-order valence-corrected chi connectivity index (χ4v) is 3.76. The van der Waals surface area contributed by atoms with Gasteiger partial charge in [0, 0.05) is 18.5 Å². The van der Waals surface area contributed by atoms with Crippen LogP contribution in [0.5, 0.6) is 0 Å². The molecule has 1 amide bonds. The number of nitrogens with zero attached hydrogens (tertiary/aromatic N) is 5. The number of aryl methyl sites for hydroxylation is 1. The first kappa shape index (κ1) is 14.4. The topological polar surface area (TPSA) is 63.4 Å². The van der Waals surface area contributed by atoms with E-state index in [1.807, 2.05) is 36.1 Å². The summed E-state index contributed by atoms with van der Waals surface area (Å²) in [4.78, 5) is 23.4. The average molecular weight is 327 g/mol. The molecule has 2 aromatic heterocycles. The molecule has 118 valence electrons. The van der Waals surface area contributed by atoms with Crippen molar-refractivity contribution in [2.75, 3.05) is 18.8 Å². The van der Waals surface area contributed by atoms with E-state index >= 15 is 0 Å². The van der Waals surface area contributed by atoms with Crippen LogP contribution < -0.4 is 0 Å². The zero-order valence-corrected chi connectivity index (χ0v) is 13.7. The monoisotopic (exact) mass is 327 g/mol. The van der Waals surface area contributed by atoms with E-state index in [-0.39, 0.29) is 5.91 Å². The predicted molar refractivity (Wildman–Crippen MR) is 89.6 cm³/mol. The molecule has 0 saturated carbocycles. The van der Waals surface area contributed by atoms with Gasteiger partial charge in [-0.2, -0.15) is 4.52 Å². The zero-order chi connectivity index (χ0) is 15.8. The molecule has 0 spiro atoms. The lowest BCUT2D eigenvalue weighted by atomic mass is 10.2. The maximum absolute atomic E-state index is 12.3. The van der Waals surface area contributed by atoms with Crippen molar-refractivity contribution in [3.8, 4) is 0 Å². The van der Waals surface area contributed by atoms with Crippen molar-refractivity contribution in [2.24, 2.45) is 0 Å². The van der Waals surface area contributed by atoms with E-state index in [1.54, 1.807) is 4.52 Å². The third kappa shape index (κ3) is 2.65. The fraction of sp³-hybridized carbons (Fsp3) is 0.375. The van der Waals surface area contributed by atoms with Gasteiger partial charge in [-0.15, -0.1) is 5.10 Å². The highest BCUT2D eigenvalue weighted by Crippen LogP contribution is 2.24. The van der Waals surface area contributed by atoms with Crippen LogP contribution >= 0.6 is 11.8 Å². The smallest absolute Gasteiger partial charge is 0.233 e. The number of benzene rings is 1. The van der Waals surface area contributed by atoms with E-state index in [4.69, 9.17) is 0 Å². The Morgan fingerprint density at radius 3 is 2.83 bits per heavy atom. The van der Waals surface area contributed by atoms with Gasteiger partial charge in [-0.25, -0.2) is 9.97 Å². The molecule has 1 fully saturated rings. The normalized spacial score (nSPS) is 14.9. The predicted octanol–water partition coefficient (Wildman–Crippen LogP) is 2.30. The third-order valence-corrected chi connectivity index (χ3v) is 4.95. The molecular formula is C16H17N5OS. The molecule has 4 rings (SSSR count). The van der Waals surface area contributed by atoms with Crippen molar-refractivity contribution in [1.29, 1.82) is 0 Å². The number of fused-ring (bicyclic) bond motifs is 3. The van der Waals surface area contributed by atoms with Gasteiger partial charge < -0.3 is 4.90 Å². The van der Waals surface area contributed by atoms with E-state index in [1.165, 1.54) is 11.8 Å². The van der Waals surface area contributed by atoms with E-state index in [2.05, 4.69) is 15.1 Å². The molecule has 23 heavy (non-hydrogen) atoms. The number of para-hydroxylation sites is 1. The van der Waals surface area contributed by atoms with Crippen LogP contribution in [-0.2, 0) is 4.79 Å². The summed E-state index contributed by atoms with van der Waals surface area (Å²) in [5.74, 6) is 1.27. The molecule has 7 heteroatoms. The van der Waals surface area contributed by atoms with Crippen LogP contribution in [0.3, 0.4) is 0 Å². The van der Waals surface area contributed by atoms with Crippen LogP contribution in [0.1, 0.15) is 18.7 Å². The molecule has 0 aliphatic carbocycles. The van der Waals surface area contributed by atoms with E-state index in [9.17, 15) is 4.79 Å². The lowest BCUT2D eigenvalue weighted by molar-refractivity contribution is -0.127. The van der Waals surface area contributed by atoms with Gasteiger partial charge in [0.2, 0.25) is 5.91 Å². The second-order valence-electron chi connectivity index (χ2n) is 5.68. The first-order chi connectivity index (χ1) is 11.2. The molecule has 0 N–H and O–H groups in total. The maximum Gasteiger partial charge on any atom is 0.233 e. The van der Waals surface area contributed by atoms with Crippen LogP contribution in [0.15, 0.2) is 29.4 Å². The van der Waals surface area contributed by atoms with Crippen LogP contribution in [0.4, 0.5) is 0 Å². The number of thioether (sulfide) groups is 1. The van der Waals surface area contributed by atoms with Crippen molar-refractivity contribution in [3.63, 3.8) is 0 Å². The van der Waals surface area contributed by atoms with Gasteiger partial charge >= 0.3 is 0 Å². The summed E-state index contributed by atoms with van der Waals surface area (Å²) >= 11 is 1.43. The molecule has 1 aliphatic rings. The Morgan fingerprint density at radius 2 is 2.00 bits per heavy atom. The Bertz CT molecular complexity index is 885. The Hall–Kier alpha value is -2.15. The highest BCUT2D eigenvalue weighted by molar-refractivity contribution is 7.99. The Balaban J connectivity index is 1.68. The molecule has 0 radical (unpaired) electrons. The molecule has 0 atom stereocenters. The average Bonchev–Trinajstić information content (AvgIpc) is 3.21. The van der Waals surface area contributed by atoms with Crippen molar-refractivity contribution in [2.45, 2.75) is 24.9 Å². The minimum absolute atomic E-state index is 0.174. The largest absolute Gasteiger partial charge is 0.342 e. The number of hydrogen-bond acceptors (Lipinski definition) is 5. The molecule has 6 nitrogen and oxygen atoms in total. The zero-order valence-electron chi connectivity index (χ0n) is 12.9. The molecule has 0 bridgehead atoms.